The second-order valence-electron chi connectivity index (χ2n) is 3.54. The number of benzene rings is 1. The van der Waals surface area contributed by atoms with E-state index in [1.54, 1.807) is 4.90 Å². The van der Waals surface area contributed by atoms with E-state index in [1.807, 2.05) is 0 Å². The highest BCUT2D eigenvalue weighted by Crippen LogP contribution is 2.25. The molecule has 1 aromatic carbocycles. The number of rotatable bonds is 2. The topological polar surface area (TPSA) is 49.8 Å². The zero-order chi connectivity index (χ0) is 11.5. The van der Waals surface area contributed by atoms with Crippen molar-refractivity contribution in [2.24, 2.45) is 0 Å². The Balaban J connectivity index is 2.40. The predicted molar refractivity (Wildman–Crippen MR) is 56.4 cm³/mol. The lowest BCUT2D eigenvalue weighted by Crippen LogP contribution is -2.37. The van der Waals surface area contributed by atoms with Crippen LogP contribution in [0.3, 0.4) is 0 Å². The molecule has 2 rings (SSSR count). The second kappa shape index (κ2) is 4.49. The third-order valence-electron chi connectivity index (χ3n) is 2.54. The summed E-state index contributed by atoms with van der Waals surface area (Å²) in [6.45, 7) is 2.02. The Hall–Kier alpha value is -1.62. The maximum Gasteiger partial charge on any atom is 0.337 e. The Labute approximate surface area is 92.2 Å². The van der Waals surface area contributed by atoms with E-state index in [1.165, 1.54) is 18.2 Å². The van der Waals surface area contributed by atoms with Gasteiger partial charge in [-0.25, -0.2) is 9.18 Å². The zero-order valence-corrected chi connectivity index (χ0v) is 8.65. The van der Waals surface area contributed by atoms with Gasteiger partial charge in [0.05, 0.1) is 24.5 Å². The fraction of sp³-hybridized carbons (Fsp3) is 0.364. The highest BCUT2D eigenvalue weighted by atomic mass is 19.1. The van der Waals surface area contributed by atoms with Crippen molar-refractivity contribution in [3.63, 3.8) is 0 Å². The van der Waals surface area contributed by atoms with Crippen LogP contribution in [0.2, 0.25) is 0 Å². The van der Waals surface area contributed by atoms with Gasteiger partial charge in [-0.1, -0.05) is 6.07 Å². The molecule has 1 fully saturated rings. The van der Waals surface area contributed by atoms with Gasteiger partial charge in [0.25, 0.3) is 0 Å². The number of aromatic carboxylic acids is 1. The van der Waals surface area contributed by atoms with Crippen LogP contribution in [0.5, 0.6) is 0 Å². The Kier molecular flexibility index (Phi) is 3.05. The van der Waals surface area contributed by atoms with Gasteiger partial charge >= 0.3 is 5.97 Å². The molecule has 1 N–H and O–H groups in total. The Morgan fingerprint density at radius 3 is 2.69 bits per heavy atom. The lowest BCUT2D eigenvalue weighted by molar-refractivity contribution is 0.0695. The van der Waals surface area contributed by atoms with E-state index in [0.717, 1.165) is 0 Å². The molecule has 16 heavy (non-hydrogen) atoms. The SMILES string of the molecule is O=C(O)c1cccc(F)c1N1CCOCC1. The maximum atomic E-state index is 13.6. The third kappa shape index (κ3) is 1.99. The monoisotopic (exact) mass is 225 g/mol. The van der Waals surface area contributed by atoms with Crippen molar-refractivity contribution in [1.29, 1.82) is 0 Å². The highest BCUT2D eigenvalue weighted by molar-refractivity contribution is 5.94. The fourth-order valence-corrected chi connectivity index (χ4v) is 1.80. The van der Waals surface area contributed by atoms with Crippen LogP contribution < -0.4 is 4.90 Å². The van der Waals surface area contributed by atoms with Gasteiger partial charge < -0.3 is 14.7 Å². The number of hydrogen-bond donors (Lipinski definition) is 1. The lowest BCUT2D eigenvalue weighted by Gasteiger charge is -2.30. The van der Waals surface area contributed by atoms with Crippen LogP contribution in [0.1, 0.15) is 10.4 Å². The number of morpholine rings is 1. The number of para-hydroxylation sites is 1. The largest absolute Gasteiger partial charge is 0.478 e. The molecule has 1 heterocycles. The van der Waals surface area contributed by atoms with E-state index in [-0.39, 0.29) is 11.3 Å². The van der Waals surface area contributed by atoms with Gasteiger partial charge in [0, 0.05) is 13.1 Å². The molecule has 1 aliphatic heterocycles. The Morgan fingerprint density at radius 1 is 1.38 bits per heavy atom. The normalized spacial score (nSPS) is 16.2. The number of nitrogens with zero attached hydrogens (tertiary/aromatic N) is 1. The lowest BCUT2D eigenvalue weighted by atomic mass is 10.1. The zero-order valence-electron chi connectivity index (χ0n) is 8.65. The van der Waals surface area contributed by atoms with E-state index in [9.17, 15) is 9.18 Å². The molecule has 1 aromatic rings. The molecule has 5 heteroatoms. The molecular weight excluding hydrogens is 213 g/mol. The third-order valence-corrected chi connectivity index (χ3v) is 2.54. The van der Waals surface area contributed by atoms with Crippen molar-refractivity contribution in [1.82, 2.24) is 0 Å². The molecule has 0 unspecified atom stereocenters. The second-order valence-corrected chi connectivity index (χ2v) is 3.54. The summed E-state index contributed by atoms with van der Waals surface area (Å²) in [5, 5.41) is 9.00. The Bertz CT molecular complexity index is 402. The number of carbonyl (C=O) groups is 1. The summed E-state index contributed by atoms with van der Waals surface area (Å²) in [4.78, 5) is 12.7. The van der Waals surface area contributed by atoms with E-state index in [4.69, 9.17) is 9.84 Å². The molecule has 0 spiro atoms. The van der Waals surface area contributed by atoms with Crippen LogP contribution in [0.15, 0.2) is 18.2 Å². The average molecular weight is 225 g/mol. The van der Waals surface area contributed by atoms with E-state index in [0.29, 0.717) is 26.3 Å². The van der Waals surface area contributed by atoms with Gasteiger partial charge in [-0.15, -0.1) is 0 Å². The van der Waals surface area contributed by atoms with Crippen molar-refractivity contribution in [2.45, 2.75) is 0 Å². The maximum absolute atomic E-state index is 13.6. The summed E-state index contributed by atoms with van der Waals surface area (Å²) in [5.41, 5.74) is 0.167. The molecule has 0 aromatic heterocycles. The minimum Gasteiger partial charge on any atom is -0.478 e. The van der Waals surface area contributed by atoms with Crippen LogP contribution in [0, 0.1) is 5.82 Å². The van der Waals surface area contributed by atoms with Crippen LogP contribution in [-0.4, -0.2) is 37.4 Å². The van der Waals surface area contributed by atoms with Gasteiger partial charge in [-0.3, -0.25) is 0 Å². The molecule has 0 radical (unpaired) electrons. The van der Waals surface area contributed by atoms with Crippen molar-refractivity contribution in [3.8, 4) is 0 Å². The van der Waals surface area contributed by atoms with E-state index in [2.05, 4.69) is 0 Å². The first-order valence-electron chi connectivity index (χ1n) is 5.04. The number of ether oxygens (including phenoxy) is 1. The first-order valence-corrected chi connectivity index (χ1v) is 5.04. The number of hydrogen-bond acceptors (Lipinski definition) is 3. The Morgan fingerprint density at radius 2 is 2.06 bits per heavy atom. The number of carboxylic acid groups (broad SMARTS) is 1. The summed E-state index contributed by atoms with van der Waals surface area (Å²) in [6, 6.07) is 4.09. The molecule has 1 saturated heterocycles. The summed E-state index contributed by atoms with van der Waals surface area (Å²) in [7, 11) is 0. The summed E-state index contributed by atoms with van der Waals surface area (Å²) in [6.07, 6.45) is 0. The number of carboxylic acids is 1. The van der Waals surface area contributed by atoms with Gasteiger partial charge in [-0.05, 0) is 12.1 Å². The molecule has 0 atom stereocenters. The molecule has 4 nitrogen and oxygen atoms in total. The van der Waals surface area contributed by atoms with Crippen molar-refractivity contribution < 1.29 is 19.0 Å². The molecule has 86 valence electrons. The molecule has 0 saturated carbocycles. The molecular formula is C11H12FNO3. The van der Waals surface area contributed by atoms with Crippen LogP contribution in [-0.2, 0) is 4.74 Å². The molecule has 1 aliphatic rings. The predicted octanol–water partition coefficient (Wildman–Crippen LogP) is 1.36. The minimum atomic E-state index is -1.11. The quantitative estimate of drug-likeness (QED) is 0.825. The highest BCUT2D eigenvalue weighted by Gasteiger charge is 2.21. The standard InChI is InChI=1S/C11H12FNO3/c12-9-3-1-2-8(11(14)15)10(9)13-4-6-16-7-5-13/h1-3H,4-7H2,(H,14,15). The van der Waals surface area contributed by atoms with Gasteiger partial charge in [0.15, 0.2) is 0 Å². The molecule has 0 bridgehead atoms. The minimum absolute atomic E-state index is 0.00176. The summed E-state index contributed by atoms with van der Waals surface area (Å²) >= 11 is 0. The van der Waals surface area contributed by atoms with Crippen LogP contribution >= 0.6 is 0 Å². The van der Waals surface area contributed by atoms with Crippen molar-refractivity contribution in [3.05, 3.63) is 29.6 Å². The number of anilines is 1. The number of halogens is 1. The average Bonchev–Trinajstić information content (AvgIpc) is 2.29. The fourth-order valence-electron chi connectivity index (χ4n) is 1.80. The first kappa shape index (κ1) is 10.9. The summed E-state index contributed by atoms with van der Waals surface area (Å²) in [5.74, 6) is -1.61. The van der Waals surface area contributed by atoms with Crippen LogP contribution in [0.4, 0.5) is 10.1 Å². The van der Waals surface area contributed by atoms with Gasteiger partial charge in [0.2, 0.25) is 0 Å². The van der Waals surface area contributed by atoms with Crippen molar-refractivity contribution >= 4 is 11.7 Å². The molecule has 0 amide bonds. The van der Waals surface area contributed by atoms with Gasteiger partial charge in [0.1, 0.15) is 5.82 Å². The van der Waals surface area contributed by atoms with E-state index < -0.39 is 11.8 Å². The van der Waals surface area contributed by atoms with E-state index >= 15 is 0 Å². The van der Waals surface area contributed by atoms with Crippen molar-refractivity contribution in [2.75, 3.05) is 31.2 Å². The first-order chi connectivity index (χ1) is 7.70. The molecule has 0 aliphatic carbocycles. The summed E-state index contributed by atoms with van der Waals surface area (Å²) < 4.78 is 18.8. The smallest absolute Gasteiger partial charge is 0.337 e. The van der Waals surface area contributed by atoms with Crippen LogP contribution in [0.25, 0.3) is 0 Å². The van der Waals surface area contributed by atoms with Gasteiger partial charge in [-0.2, -0.15) is 0 Å².